The van der Waals surface area contributed by atoms with E-state index in [0.29, 0.717) is 0 Å². The molecular weight excluding hydrogens is 377 g/mol. The van der Waals surface area contributed by atoms with Gasteiger partial charge in [-0.3, -0.25) is 4.90 Å². The molecule has 5 rings (SSSR count). The fraction of sp³-hybridized carbons (Fsp3) is 0.500. The van der Waals surface area contributed by atoms with E-state index in [9.17, 15) is 4.39 Å². The highest BCUT2D eigenvalue weighted by atomic mass is 19.1. The first-order chi connectivity index (χ1) is 14.6. The molecule has 3 heterocycles. The van der Waals surface area contributed by atoms with Crippen LogP contribution < -0.4 is 4.90 Å². The fourth-order valence-corrected chi connectivity index (χ4v) is 5.17. The van der Waals surface area contributed by atoms with Crippen molar-refractivity contribution in [2.45, 2.75) is 52.0 Å². The molecule has 0 unspecified atom stereocenters. The molecule has 158 valence electrons. The van der Waals surface area contributed by atoms with Crippen molar-refractivity contribution in [3.8, 4) is 11.1 Å². The van der Waals surface area contributed by atoms with Crippen molar-refractivity contribution in [3.63, 3.8) is 0 Å². The average Bonchev–Trinajstić information content (AvgIpc) is 3.10. The van der Waals surface area contributed by atoms with E-state index in [0.717, 1.165) is 66.2 Å². The molecule has 0 spiro atoms. The summed E-state index contributed by atoms with van der Waals surface area (Å²) in [5.41, 5.74) is 4.69. The molecule has 1 saturated carbocycles. The van der Waals surface area contributed by atoms with Gasteiger partial charge in [-0.15, -0.1) is 0 Å². The van der Waals surface area contributed by atoms with Gasteiger partial charge in [0.05, 0.1) is 5.69 Å². The molecule has 1 aliphatic heterocycles. The standard InChI is InChI=1S/C24H30FN5/c1-17-16-22(29-14-12-28(13-15-29)21-6-4-3-5-7-21)30-24(26-17)23(18(2)27-30)19-8-10-20(25)11-9-19/h8-11,16,21H,3-7,12-15H2,1-2H3. The predicted octanol–water partition coefficient (Wildman–Crippen LogP) is 4.61. The minimum Gasteiger partial charge on any atom is -0.354 e. The molecule has 0 N–H and O–H groups in total. The Balaban J connectivity index is 1.45. The van der Waals surface area contributed by atoms with Crippen molar-refractivity contribution in [1.29, 1.82) is 0 Å². The number of hydrogen-bond donors (Lipinski definition) is 0. The molecule has 1 saturated heterocycles. The van der Waals surface area contributed by atoms with Gasteiger partial charge in [-0.05, 0) is 44.4 Å². The van der Waals surface area contributed by atoms with Crippen LogP contribution in [0.3, 0.4) is 0 Å². The summed E-state index contributed by atoms with van der Waals surface area (Å²) in [7, 11) is 0. The maximum Gasteiger partial charge on any atom is 0.165 e. The summed E-state index contributed by atoms with van der Waals surface area (Å²) in [5, 5.41) is 4.84. The Kier molecular flexibility index (Phi) is 5.19. The minimum atomic E-state index is -0.228. The van der Waals surface area contributed by atoms with Crippen LogP contribution in [0.5, 0.6) is 0 Å². The number of anilines is 1. The normalized spacial score (nSPS) is 19.0. The zero-order valence-corrected chi connectivity index (χ0v) is 17.9. The molecule has 2 aliphatic rings. The first-order valence-corrected chi connectivity index (χ1v) is 11.2. The van der Waals surface area contributed by atoms with Crippen LogP contribution in [0.4, 0.5) is 10.2 Å². The van der Waals surface area contributed by atoms with E-state index >= 15 is 0 Å². The van der Waals surface area contributed by atoms with E-state index in [1.54, 1.807) is 0 Å². The van der Waals surface area contributed by atoms with Crippen LogP contribution in [0.2, 0.25) is 0 Å². The highest BCUT2D eigenvalue weighted by Crippen LogP contribution is 2.31. The zero-order chi connectivity index (χ0) is 20.7. The molecule has 0 amide bonds. The van der Waals surface area contributed by atoms with Gasteiger partial charge in [0.25, 0.3) is 0 Å². The summed E-state index contributed by atoms with van der Waals surface area (Å²) in [6, 6.07) is 9.54. The Bertz CT molecular complexity index is 1030. The molecule has 30 heavy (non-hydrogen) atoms. The average molecular weight is 408 g/mol. The number of benzene rings is 1. The molecule has 1 aliphatic carbocycles. The van der Waals surface area contributed by atoms with E-state index in [1.165, 1.54) is 44.2 Å². The van der Waals surface area contributed by atoms with Crippen LogP contribution in [0.15, 0.2) is 30.3 Å². The lowest BCUT2D eigenvalue weighted by atomic mass is 9.94. The van der Waals surface area contributed by atoms with Gasteiger partial charge < -0.3 is 4.90 Å². The minimum absolute atomic E-state index is 0.228. The number of halogens is 1. The molecule has 3 aromatic rings. The van der Waals surface area contributed by atoms with Crippen LogP contribution >= 0.6 is 0 Å². The van der Waals surface area contributed by atoms with Gasteiger partial charge >= 0.3 is 0 Å². The predicted molar refractivity (Wildman–Crippen MR) is 119 cm³/mol. The third-order valence-corrected chi connectivity index (χ3v) is 6.74. The van der Waals surface area contributed by atoms with Gasteiger partial charge in [0.1, 0.15) is 11.6 Å². The van der Waals surface area contributed by atoms with Gasteiger partial charge in [0.2, 0.25) is 0 Å². The number of aryl methyl sites for hydroxylation is 2. The third-order valence-electron chi connectivity index (χ3n) is 6.74. The number of fused-ring (bicyclic) bond motifs is 1. The molecule has 0 radical (unpaired) electrons. The van der Waals surface area contributed by atoms with Crippen LogP contribution in [-0.4, -0.2) is 51.7 Å². The largest absolute Gasteiger partial charge is 0.354 e. The second-order valence-corrected chi connectivity index (χ2v) is 8.77. The summed E-state index contributed by atoms with van der Waals surface area (Å²) in [6.07, 6.45) is 6.89. The Morgan fingerprint density at radius 1 is 0.933 bits per heavy atom. The first kappa shape index (κ1) is 19.5. The quantitative estimate of drug-likeness (QED) is 0.635. The van der Waals surface area contributed by atoms with Crippen molar-refractivity contribution < 1.29 is 4.39 Å². The van der Waals surface area contributed by atoms with Crippen molar-refractivity contribution >= 4 is 11.5 Å². The van der Waals surface area contributed by atoms with Crippen molar-refractivity contribution in [3.05, 3.63) is 47.5 Å². The van der Waals surface area contributed by atoms with Crippen molar-refractivity contribution in [2.75, 3.05) is 31.1 Å². The Labute approximate surface area is 177 Å². The smallest absolute Gasteiger partial charge is 0.165 e. The van der Waals surface area contributed by atoms with Crippen LogP contribution in [0, 0.1) is 19.7 Å². The highest BCUT2D eigenvalue weighted by molar-refractivity contribution is 5.81. The first-order valence-electron chi connectivity index (χ1n) is 11.2. The Morgan fingerprint density at radius 2 is 1.63 bits per heavy atom. The van der Waals surface area contributed by atoms with Crippen LogP contribution in [-0.2, 0) is 0 Å². The van der Waals surface area contributed by atoms with Crippen LogP contribution in [0.1, 0.15) is 43.5 Å². The van der Waals surface area contributed by atoms with E-state index in [-0.39, 0.29) is 5.82 Å². The van der Waals surface area contributed by atoms with Crippen molar-refractivity contribution in [2.24, 2.45) is 0 Å². The molecule has 2 aromatic heterocycles. The van der Waals surface area contributed by atoms with E-state index in [2.05, 4.69) is 15.9 Å². The molecule has 2 fully saturated rings. The second-order valence-electron chi connectivity index (χ2n) is 8.77. The summed E-state index contributed by atoms with van der Waals surface area (Å²) in [6.45, 7) is 8.29. The second kappa shape index (κ2) is 7.99. The molecule has 0 atom stereocenters. The number of aromatic nitrogens is 3. The Hall–Kier alpha value is -2.47. The van der Waals surface area contributed by atoms with E-state index < -0.39 is 0 Å². The lowest BCUT2D eigenvalue weighted by Crippen LogP contribution is -2.51. The summed E-state index contributed by atoms with van der Waals surface area (Å²) >= 11 is 0. The maximum absolute atomic E-state index is 13.4. The van der Waals surface area contributed by atoms with Crippen molar-refractivity contribution in [1.82, 2.24) is 19.5 Å². The van der Waals surface area contributed by atoms with E-state index in [4.69, 9.17) is 10.1 Å². The van der Waals surface area contributed by atoms with E-state index in [1.807, 2.05) is 30.5 Å². The van der Waals surface area contributed by atoms with Gasteiger partial charge in [-0.1, -0.05) is 31.4 Å². The summed E-state index contributed by atoms with van der Waals surface area (Å²) in [4.78, 5) is 9.95. The number of hydrogen-bond acceptors (Lipinski definition) is 4. The summed E-state index contributed by atoms with van der Waals surface area (Å²) in [5.74, 6) is 0.880. The van der Waals surface area contributed by atoms with Gasteiger partial charge in [0.15, 0.2) is 5.65 Å². The van der Waals surface area contributed by atoms with Gasteiger partial charge in [0, 0.05) is 49.5 Å². The SMILES string of the molecule is Cc1cc(N2CCN(C3CCCCC3)CC2)n2nc(C)c(-c3ccc(F)cc3)c2n1. The molecule has 6 heteroatoms. The monoisotopic (exact) mass is 407 g/mol. The lowest BCUT2D eigenvalue weighted by molar-refractivity contribution is 0.147. The summed E-state index contributed by atoms with van der Waals surface area (Å²) < 4.78 is 15.4. The topological polar surface area (TPSA) is 36.7 Å². The Morgan fingerprint density at radius 3 is 2.33 bits per heavy atom. The van der Waals surface area contributed by atoms with Gasteiger partial charge in [-0.25, -0.2) is 9.37 Å². The highest BCUT2D eigenvalue weighted by Gasteiger charge is 2.27. The lowest BCUT2D eigenvalue weighted by Gasteiger charge is -2.41. The molecule has 5 nitrogen and oxygen atoms in total. The number of piperazine rings is 1. The molecule has 1 aromatic carbocycles. The zero-order valence-electron chi connectivity index (χ0n) is 17.9. The number of rotatable bonds is 3. The molecule has 0 bridgehead atoms. The third kappa shape index (κ3) is 3.58. The number of nitrogens with zero attached hydrogens (tertiary/aromatic N) is 5. The van der Waals surface area contributed by atoms with Crippen LogP contribution in [0.25, 0.3) is 16.8 Å². The van der Waals surface area contributed by atoms with Gasteiger partial charge in [-0.2, -0.15) is 9.61 Å². The molecular formula is C24H30FN5. The maximum atomic E-state index is 13.4. The fourth-order valence-electron chi connectivity index (χ4n) is 5.17.